The van der Waals surface area contributed by atoms with Crippen LogP contribution in [0.5, 0.6) is 0 Å². The molecule has 0 N–H and O–H groups in total. The van der Waals surface area contributed by atoms with Gasteiger partial charge < -0.3 is 8.85 Å². The number of hydrogen-bond donors (Lipinski definition) is 0. The van der Waals surface area contributed by atoms with Gasteiger partial charge in [0, 0.05) is 0 Å². The molecule has 0 heterocycles. The zero-order valence-corrected chi connectivity index (χ0v) is 31.4. The minimum atomic E-state index is -1.77. The van der Waals surface area contributed by atoms with Crippen molar-refractivity contribution >= 4 is 39.2 Å². The van der Waals surface area contributed by atoms with Gasteiger partial charge in [0.2, 0.25) is 16.6 Å². The maximum atomic E-state index is 6.41. The Hall–Kier alpha value is -0.843. The molecule has 1 aromatic rings. The van der Waals surface area contributed by atoms with E-state index in [1.165, 1.54) is 16.7 Å². The summed E-state index contributed by atoms with van der Waals surface area (Å²) in [5, 5.41) is 0.452. The second-order valence-electron chi connectivity index (χ2n) is 13.3. The van der Waals surface area contributed by atoms with Crippen LogP contribution in [0.1, 0.15) is 52.7 Å². The van der Waals surface area contributed by atoms with E-state index < -0.39 is 37.5 Å². The quantitative estimate of drug-likeness (QED) is 0.233. The molecule has 0 aromatic heterocycles. The summed E-state index contributed by atoms with van der Waals surface area (Å²) in [7, 11) is 6.35. The summed E-state index contributed by atoms with van der Waals surface area (Å²) in [4.78, 5) is 0. The molecule has 2 nitrogen and oxygen atoms in total. The average molecular weight is 681 g/mol. The summed E-state index contributed by atoms with van der Waals surface area (Å²) < 4.78 is 12.8. The van der Waals surface area contributed by atoms with Gasteiger partial charge in [0.15, 0.2) is 0 Å². The zero-order chi connectivity index (χ0) is 29.8. The van der Waals surface area contributed by atoms with Crippen LogP contribution < -0.4 is 0 Å². The molecule has 0 fully saturated rings. The maximum absolute atomic E-state index is 6.41. The Balaban J connectivity index is 0.000000249. The molecule has 212 valence electrons. The van der Waals surface area contributed by atoms with E-state index in [9.17, 15) is 0 Å². The molecule has 1 atom stereocenters. The van der Waals surface area contributed by atoms with Crippen molar-refractivity contribution in [3.63, 3.8) is 0 Å². The van der Waals surface area contributed by atoms with Crippen molar-refractivity contribution < 1.29 is 29.7 Å². The number of allylic oxidation sites excluding steroid dienone is 9. The molecule has 3 aliphatic carbocycles. The Labute approximate surface area is 259 Å². The van der Waals surface area contributed by atoms with Gasteiger partial charge in [-0.05, 0) is 60.1 Å². The molecule has 0 saturated heterocycles. The van der Waals surface area contributed by atoms with E-state index in [1.54, 1.807) is 0 Å². The number of fused-ring (bicyclic) bond motifs is 2. The van der Waals surface area contributed by atoms with Crippen molar-refractivity contribution in [2.45, 2.75) is 84.2 Å². The first-order valence-corrected chi connectivity index (χ1v) is 25.6. The molecule has 4 rings (SSSR count). The van der Waals surface area contributed by atoms with Gasteiger partial charge in [0.05, 0.1) is 0 Å². The molecule has 0 spiro atoms. The fourth-order valence-corrected chi connectivity index (χ4v) is 6.06. The van der Waals surface area contributed by atoms with Gasteiger partial charge in [0.25, 0.3) is 0 Å². The van der Waals surface area contributed by atoms with Gasteiger partial charge in [-0.1, -0.05) is 78.0 Å². The van der Waals surface area contributed by atoms with Gasteiger partial charge >= 0.3 is 37.9 Å². The Kier molecular flexibility index (Phi) is 11.8. The van der Waals surface area contributed by atoms with Crippen LogP contribution in [0.25, 0.3) is 5.57 Å². The molecule has 0 saturated carbocycles. The van der Waals surface area contributed by atoms with E-state index in [0.29, 0.717) is 5.92 Å². The molecule has 0 aliphatic heterocycles. The molecule has 39 heavy (non-hydrogen) atoms. The second kappa shape index (κ2) is 13.4. The molecule has 0 radical (unpaired) electrons. The third-order valence-electron chi connectivity index (χ3n) is 8.43. The van der Waals surface area contributed by atoms with Gasteiger partial charge in [-0.15, -0.1) is 34.9 Å². The predicted molar refractivity (Wildman–Crippen MR) is 173 cm³/mol. The van der Waals surface area contributed by atoms with Crippen molar-refractivity contribution in [1.29, 1.82) is 0 Å². The first kappa shape index (κ1) is 34.4. The van der Waals surface area contributed by atoms with Crippen LogP contribution in [0.2, 0.25) is 36.3 Å². The topological polar surface area (TPSA) is 18.5 Å². The number of hydrogen-bond acceptors (Lipinski definition) is 2. The SMILES string of the molecule is [CH2-]C1=C(O[Si](C)(C)C(C)(C)C)Cc2ccccc21.[CH2-]C1=C2C=CC=CC2C=C1O[Si](C)(C)C(C)(C)C.[Cl][Zr+2][Cl]. The Morgan fingerprint density at radius 3 is 1.90 bits per heavy atom. The van der Waals surface area contributed by atoms with Crippen molar-refractivity contribution in [2.75, 3.05) is 0 Å². The minimum absolute atomic E-state index is 0.220. The van der Waals surface area contributed by atoms with Crippen LogP contribution in [-0.4, -0.2) is 16.6 Å². The van der Waals surface area contributed by atoms with Crippen LogP contribution in [0.15, 0.2) is 77.3 Å². The van der Waals surface area contributed by atoms with Crippen LogP contribution in [0.4, 0.5) is 0 Å². The van der Waals surface area contributed by atoms with Crippen LogP contribution >= 0.6 is 17.0 Å². The predicted octanol–water partition coefficient (Wildman–Crippen LogP) is 11.0. The number of halogens is 2. The summed E-state index contributed by atoms with van der Waals surface area (Å²) in [5.41, 5.74) is 6.02. The van der Waals surface area contributed by atoms with Crippen molar-refractivity contribution in [3.8, 4) is 0 Å². The summed E-state index contributed by atoms with van der Waals surface area (Å²) in [6, 6.07) is 8.46. The second-order valence-corrected chi connectivity index (χ2v) is 26.4. The first-order valence-electron chi connectivity index (χ1n) is 13.5. The van der Waals surface area contributed by atoms with E-state index in [0.717, 1.165) is 29.1 Å². The van der Waals surface area contributed by atoms with E-state index in [2.05, 4.69) is 136 Å². The van der Waals surface area contributed by atoms with Gasteiger partial charge in [-0.3, -0.25) is 0 Å². The summed E-state index contributed by atoms with van der Waals surface area (Å²) >= 11 is -0.826. The van der Waals surface area contributed by atoms with E-state index in [-0.39, 0.29) is 10.1 Å². The molecule has 7 heteroatoms. The number of benzene rings is 1. The summed E-state index contributed by atoms with van der Waals surface area (Å²) in [6.45, 7) is 31.1. The summed E-state index contributed by atoms with van der Waals surface area (Å²) in [6.07, 6.45) is 11.6. The Morgan fingerprint density at radius 1 is 0.846 bits per heavy atom. The molecule has 1 aromatic carbocycles. The normalized spacial score (nSPS) is 18.3. The standard InChI is InChI=1S/2C16H23OSi.2ClH.Zr/c2*1-12-14-10-8-7-9-13(14)11-15(12)17-18(5,6)16(2,3)4;;;/h7-10H,1,11H2,2-6H3;7-11,13H,1H2,2-6H3;2*1H;/q2*-1;;;+4/p-2. The van der Waals surface area contributed by atoms with E-state index in [1.807, 2.05) is 0 Å². The zero-order valence-electron chi connectivity index (χ0n) is 25.5. The summed E-state index contributed by atoms with van der Waals surface area (Å²) in [5.74, 6) is 2.45. The van der Waals surface area contributed by atoms with Crippen LogP contribution in [0.3, 0.4) is 0 Å². The molecule has 3 aliphatic rings. The van der Waals surface area contributed by atoms with Crippen LogP contribution in [0, 0.1) is 19.8 Å². The molecular formula is C32H46Cl2O2Si2Zr. The Bertz CT molecular complexity index is 1180. The van der Waals surface area contributed by atoms with Crippen molar-refractivity contribution in [3.05, 3.63) is 102 Å². The van der Waals surface area contributed by atoms with E-state index >= 15 is 0 Å². The van der Waals surface area contributed by atoms with Gasteiger partial charge in [0.1, 0.15) is 0 Å². The van der Waals surface area contributed by atoms with Crippen LogP contribution in [-0.2, 0) is 36.1 Å². The van der Waals surface area contributed by atoms with Crippen molar-refractivity contribution in [2.24, 2.45) is 5.92 Å². The monoisotopic (exact) mass is 678 g/mol. The molecular weight excluding hydrogens is 635 g/mol. The number of rotatable bonds is 4. The molecule has 0 bridgehead atoms. The fourth-order valence-electron chi connectivity index (χ4n) is 3.89. The average Bonchev–Trinajstić information content (AvgIpc) is 3.29. The van der Waals surface area contributed by atoms with Gasteiger partial charge in [-0.2, -0.15) is 25.0 Å². The third-order valence-corrected chi connectivity index (χ3v) is 17.1. The fraction of sp³-hybridized carbons (Fsp3) is 0.438. The van der Waals surface area contributed by atoms with E-state index in [4.69, 9.17) is 25.9 Å². The van der Waals surface area contributed by atoms with Crippen molar-refractivity contribution in [1.82, 2.24) is 0 Å². The molecule has 0 amide bonds. The Morgan fingerprint density at radius 2 is 1.38 bits per heavy atom. The first-order chi connectivity index (χ1) is 17.9. The third kappa shape index (κ3) is 8.58. The van der Waals surface area contributed by atoms with Gasteiger partial charge in [-0.25, -0.2) is 0 Å². The molecule has 1 unspecified atom stereocenters.